The molecular formula is C33H46N2O9. The van der Waals surface area contributed by atoms with Gasteiger partial charge in [-0.1, -0.05) is 19.1 Å². The monoisotopic (exact) mass is 614 g/mol. The van der Waals surface area contributed by atoms with Crippen LogP contribution < -0.4 is 5.32 Å². The number of esters is 1. The first kappa shape index (κ1) is 30.5. The van der Waals surface area contributed by atoms with Gasteiger partial charge in [0, 0.05) is 69.8 Å². The molecule has 0 radical (unpaired) electrons. The van der Waals surface area contributed by atoms with Gasteiger partial charge in [0.1, 0.15) is 11.2 Å². The number of hydrogen-bond acceptors (Lipinski definition) is 10. The molecule has 1 aromatic rings. The third-order valence-corrected chi connectivity index (χ3v) is 13.0. The summed E-state index contributed by atoms with van der Waals surface area (Å²) in [6, 6.07) is 6.30. The maximum Gasteiger partial charge on any atom is 0.340 e. The third-order valence-electron chi connectivity index (χ3n) is 13.0. The van der Waals surface area contributed by atoms with E-state index < -0.39 is 58.3 Å². The molecule has 1 aliphatic heterocycles. The molecular weight excluding hydrogens is 568 g/mol. The second-order valence-corrected chi connectivity index (χ2v) is 14.3. The number of likely N-dealkylation sites (N-methyl/N-ethyl adjacent to an activating group) is 1. The molecule has 5 saturated carbocycles. The van der Waals surface area contributed by atoms with Gasteiger partial charge in [-0.25, -0.2) is 4.79 Å². The van der Waals surface area contributed by atoms with E-state index in [9.17, 15) is 24.9 Å². The Morgan fingerprint density at radius 3 is 2.52 bits per heavy atom. The molecule has 11 nitrogen and oxygen atoms in total. The van der Waals surface area contributed by atoms with Gasteiger partial charge in [0.2, 0.25) is 5.91 Å². The molecule has 242 valence electrons. The van der Waals surface area contributed by atoms with Gasteiger partial charge in [0.25, 0.3) is 0 Å². The van der Waals surface area contributed by atoms with Crippen molar-refractivity contribution in [3.63, 3.8) is 0 Å². The molecule has 5 aliphatic carbocycles. The molecule has 6 aliphatic rings. The number of para-hydroxylation sites is 1. The number of benzene rings is 1. The van der Waals surface area contributed by atoms with Crippen molar-refractivity contribution in [3.05, 3.63) is 29.8 Å². The molecule has 0 aromatic heterocycles. The van der Waals surface area contributed by atoms with Crippen LogP contribution >= 0.6 is 0 Å². The summed E-state index contributed by atoms with van der Waals surface area (Å²) in [6.45, 7) is 4.67. The average Bonchev–Trinajstić information content (AvgIpc) is 3.37. The van der Waals surface area contributed by atoms with E-state index in [1.54, 1.807) is 45.6 Å². The molecule has 1 saturated heterocycles. The minimum atomic E-state index is -1.73. The zero-order valence-electron chi connectivity index (χ0n) is 26.2. The molecule has 7 bridgehead atoms. The smallest absolute Gasteiger partial charge is 0.340 e. The highest BCUT2D eigenvalue weighted by molar-refractivity contribution is 6.00. The molecule has 1 amide bonds. The van der Waals surface area contributed by atoms with Crippen molar-refractivity contribution in [1.29, 1.82) is 0 Å². The summed E-state index contributed by atoms with van der Waals surface area (Å²) in [6.07, 6.45) is -0.0977. The lowest BCUT2D eigenvalue weighted by Gasteiger charge is -2.70. The number of aliphatic hydroxyl groups excluding tert-OH is 1. The van der Waals surface area contributed by atoms with Crippen molar-refractivity contribution in [2.24, 2.45) is 34.5 Å². The first-order valence-corrected chi connectivity index (χ1v) is 16.0. The summed E-state index contributed by atoms with van der Waals surface area (Å²) in [4.78, 5) is 27.7. The molecule has 7 rings (SSSR count). The number of carbonyl (C=O) groups excluding carboxylic acids is 2. The number of piperidine rings is 1. The van der Waals surface area contributed by atoms with Crippen molar-refractivity contribution < 1.29 is 43.9 Å². The second kappa shape index (κ2) is 10.2. The van der Waals surface area contributed by atoms with Gasteiger partial charge in [-0.3, -0.25) is 9.69 Å². The standard InChI is InChI=1S/C33H46N2O9/c1-6-35-15-30(16-44-28(38)18-9-7-8-10-21(18)34-17(2)36)12-11-23(42-4)32-20-13-19-22(41-3)14-31(39,24(20)25(19)37)33(40,29(32)35)27(43-5)26(30)32/h7-10,19-20,22-27,29,37,39-40H,6,11-16H2,1-5H3,(H,34,36)/t19-,20-,22+,23+,24-,25+,26-,27+,29+,30+,31-,32+,33?/m1/s1. The molecule has 44 heavy (non-hydrogen) atoms. The predicted molar refractivity (Wildman–Crippen MR) is 158 cm³/mol. The van der Waals surface area contributed by atoms with E-state index in [2.05, 4.69) is 17.1 Å². The van der Waals surface area contributed by atoms with E-state index >= 15 is 0 Å². The van der Waals surface area contributed by atoms with Crippen molar-refractivity contribution in [3.8, 4) is 0 Å². The fourth-order valence-electron chi connectivity index (χ4n) is 12.0. The largest absolute Gasteiger partial charge is 0.461 e. The van der Waals surface area contributed by atoms with E-state index in [0.717, 1.165) is 0 Å². The summed E-state index contributed by atoms with van der Waals surface area (Å²) in [7, 11) is 4.91. The number of anilines is 1. The van der Waals surface area contributed by atoms with E-state index in [4.69, 9.17) is 18.9 Å². The number of likely N-dealkylation sites (tertiary alicyclic amines) is 1. The minimum Gasteiger partial charge on any atom is -0.461 e. The number of carbonyl (C=O) groups is 2. The molecule has 1 unspecified atom stereocenters. The van der Waals surface area contributed by atoms with Gasteiger partial charge >= 0.3 is 5.97 Å². The number of fused-ring (bicyclic) bond motifs is 2. The highest BCUT2D eigenvalue weighted by Crippen LogP contribution is 2.80. The summed E-state index contributed by atoms with van der Waals surface area (Å²) in [5.41, 5.74) is -4.04. The quantitative estimate of drug-likeness (QED) is 0.317. The summed E-state index contributed by atoms with van der Waals surface area (Å²) in [5, 5.41) is 40.6. The zero-order valence-corrected chi connectivity index (χ0v) is 26.2. The lowest BCUT2D eigenvalue weighted by molar-refractivity contribution is -0.318. The van der Waals surface area contributed by atoms with Crippen molar-refractivity contribution >= 4 is 17.6 Å². The summed E-state index contributed by atoms with van der Waals surface area (Å²) >= 11 is 0. The molecule has 13 atom stereocenters. The van der Waals surface area contributed by atoms with Gasteiger partial charge in [0.05, 0.1) is 48.3 Å². The normalized spacial score (nSPS) is 48.2. The molecule has 1 spiro atoms. The Kier molecular flexibility index (Phi) is 7.07. The number of methoxy groups -OCH3 is 3. The van der Waals surface area contributed by atoms with Crippen LogP contribution in [0, 0.1) is 34.5 Å². The second-order valence-electron chi connectivity index (χ2n) is 14.3. The van der Waals surface area contributed by atoms with E-state index in [1.807, 2.05) is 0 Å². The zero-order chi connectivity index (χ0) is 31.4. The van der Waals surface area contributed by atoms with Gasteiger partial charge in [-0.05, 0) is 43.9 Å². The van der Waals surface area contributed by atoms with Gasteiger partial charge in [-0.2, -0.15) is 0 Å². The fourth-order valence-corrected chi connectivity index (χ4v) is 12.0. The van der Waals surface area contributed by atoms with Crippen LogP contribution in [0.4, 0.5) is 5.69 Å². The highest BCUT2D eigenvalue weighted by atomic mass is 16.5. The van der Waals surface area contributed by atoms with Gasteiger partial charge < -0.3 is 39.6 Å². The number of nitrogens with one attached hydrogen (secondary N) is 1. The number of ether oxygens (including phenoxy) is 4. The van der Waals surface area contributed by atoms with Crippen molar-refractivity contribution in [1.82, 2.24) is 4.90 Å². The Labute approximate surface area is 258 Å². The Morgan fingerprint density at radius 1 is 1.11 bits per heavy atom. The maximum absolute atomic E-state index is 13.6. The third kappa shape index (κ3) is 3.47. The van der Waals surface area contributed by atoms with Crippen LogP contribution in [0.3, 0.4) is 0 Å². The van der Waals surface area contributed by atoms with E-state index in [1.165, 1.54) is 6.92 Å². The van der Waals surface area contributed by atoms with E-state index in [0.29, 0.717) is 38.0 Å². The van der Waals surface area contributed by atoms with Crippen LogP contribution in [-0.2, 0) is 23.7 Å². The highest BCUT2D eigenvalue weighted by Gasteiger charge is 2.91. The van der Waals surface area contributed by atoms with Crippen LogP contribution in [0.25, 0.3) is 0 Å². The van der Waals surface area contributed by atoms with Crippen LogP contribution in [0.1, 0.15) is 49.9 Å². The van der Waals surface area contributed by atoms with Gasteiger partial charge in [0.15, 0.2) is 0 Å². The minimum absolute atomic E-state index is 0.0742. The number of amides is 1. The topological polar surface area (TPSA) is 147 Å². The number of rotatable bonds is 8. The number of nitrogens with zero attached hydrogens (tertiary/aromatic N) is 1. The first-order chi connectivity index (χ1) is 21.0. The molecule has 1 aromatic carbocycles. The van der Waals surface area contributed by atoms with E-state index in [-0.39, 0.29) is 48.4 Å². The molecule has 6 fully saturated rings. The van der Waals surface area contributed by atoms with Crippen molar-refractivity contribution in [2.45, 2.75) is 81.2 Å². The van der Waals surface area contributed by atoms with Crippen LogP contribution in [0.15, 0.2) is 24.3 Å². The number of hydrogen-bond donors (Lipinski definition) is 4. The Morgan fingerprint density at radius 2 is 1.86 bits per heavy atom. The Balaban J connectivity index is 1.36. The maximum atomic E-state index is 13.6. The van der Waals surface area contributed by atoms with Crippen LogP contribution in [-0.4, -0.2) is 115 Å². The molecule has 1 heterocycles. The van der Waals surface area contributed by atoms with Crippen LogP contribution in [0.2, 0.25) is 0 Å². The average molecular weight is 615 g/mol. The van der Waals surface area contributed by atoms with Gasteiger partial charge in [-0.15, -0.1) is 0 Å². The Bertz CT molecular complexity index is 1340. The summed E-state index contributed by atoms with van der Waals surface area (Å²) in [5.74, 6) is -2.05. The molecule has 4 N–H and O–H groups in total. The number of aliphatic hydroxyl groups is 3. The predicted octanol–water partition coefficient (Wildman–Crippen LogP) is 1.44. The Hall–Kier alpha value is -2.12. The fraction of sp³-hybridized carbons (Fsp3) is 0.758. The van der Waals surface area contributed by atoms with Crippen molar-refractivity contribution in [2.75, 3.05) is 46.3 Å². The first-order valence-electron chi connectivity index (χ1n) is 16.0. The summed E-state index contributed by atoms with van der Waals surface area (Å²) < 4.78 is 24.7. The van der Waals surface area contributed by atoms with Crippen LogP contribution in [0.5, 0.6) is 0 Å². The SMILES string of the molecule is CCN1C[C@]2(COC(=O)c3ccccc3NC(C)=O)CC[C@H](OC)[C@]34[C@@H]5C[C@H]6[C@H](O)[C@@H]5[C@](O)(C[C@@H]6OC)C(O)([C@@H]13)[C@@H](OC)[C@H]24. The lowest BCUT2D eigenvalue weighted by Crippen LogP contribution is -2.82. The lowest BCUT2D eigenvalue weighted by atomic mass is 9.42. The molecule has 11 heteroatoms.